The lowest BCUT2D eigenvalue weighted by Gasteiger charge is -2.18. The van der Waals surface area contributed by atoms with Crippen molar-refractivity contribution < 1.29 is 33.4 Å². The number of ether oxygens (including phenoxy) is 3. The molecule has 2 amide bonds. The number of primary amides is 1. The van der Waals surface area contributed by atoms with Crippen LogP contribution in [0.1, 0.15) is 44.4 Å². The zero-order valence-electron chi connectivity index (χ0n) is 19.0. The van der Waals surface area contributed by atoms with Crippen molar-refractivity contribution in [1.82, 2.24) is 5.32 Å². The van der Waals surface area contributed by atoms with Crippen LogP contribution in [0, 0.1) is 5.41 Å². The van der Waals surface area contributed by atoms with Gasteiger partial charge in [0, 0.05) is 6.42 Å². The number of benzene rings is 2. The number of carbonyl (C=O) groups excluding carboxylic acids is 4. The van der Waals surface area contributed by atoms with Crippen LogP contribution in [0.25, 0.3) is 0 Å². The second kappa shape index (κ2) is 11.1. The summed E-state index contributed by atoms with van der Waals surface area (Å²) in [7, 11) is 1.23. The van der Waals surface area contributed by atoms with E-state index in [2.05, 4.69) is 5.32 Å². The van der Waals surface area contributed by atoms with Crippen molar-refractivity contribution in [3.8, 4) is 11.5 Å². The first-order valence-electron chi connectivity index (χ1n) is 10.2. The van der Waals surface area contributed by atoms with Gasteiger partial charge in [0.1, 0.15) is 11.5 Å². The second-order valence-corrected chi connectivity index (χ2v) is 8.30. The normalized spacial score (nSPS) is 11.8. The average Bonchev–Trinajstić information content (AvgIpc) is 2.76. The summed E-state index contributed by atoms with van der Waals surface area (Å²) in [5.74, 6) is -0.736. The minimum Gasteiger partial charge on any atom is -0.467 e. The number of aryl methyl sites for hydroxylation is 1. The van der Waals surface area contributed by atoms with E-state index in [4.69, 9.17) is 19.9 Å². The first-order chi connectivity index (χ1) is 15.5. The zero-order chi connectivity index (χ0) is 24.6. The van der Waals surface area contributed by atoms with Gasteiger partial charge in [-0.1, -0.05) is 24.3 Å². The molecule has 2 aromatic carbocycles. The van der Waals surface area contributed by atoms with Crippen molar-refractivity contribution in [2.45, 2.75) is 39.7 Å². The van der Waals surface area contributed by atoms with Crippen molar-refractivity contribution in [3.63, 3.8) is 0 Å². The molecule has 9 heteroatoms. The van der Waals surface area contributed by atoms with E-state index in [-0.39, 0.29) is 18.3 Å². The van der Waals surface area contributed by atoms with Crippen LogP contribution in [0.5, 0.6) is 11.5 Å². The van der Waals surface area contributed by atoms with Gasteiger partial charge in [0.2, 0.25) is 5.91 Å². The van der Waals surface area contributed by atoms with Gasteiger partial charge >= 0.3 is 18.0 Å². The molecule has 1 atom stereocenters. The molecular weight excluding hydrogens is 428 g/mol. The van der Waals surface area contributed by atoms with E-state index in [1.54, 1.807) is 69.3 Å². The van der Waals surface area contributed by atoms with E-state index in [9.17, 15) is 19.2 Å². The smallest absolute Gasteiger partial charge is 0.409 e. The molecular formula is C24H28N2O7. The van der Waals surface area contributed by atoms with Crippen LogP contribution in [-0.2, 0) is 25.5 Å². The fourth-order valence-electron chi connectivity index (χ4n) is 2.72. The Hall–Kier alpha value is -3.88. The van der Waals surface area contributed by atoms with Crippen molar-refractivity contribution in [2.75, 3.05) is 7.11 Å². The van der Waals surface area contributed by atoms with Gasteiger partial charge in [-0.3, -0.25) is 9.59 Å². The van der Waals surface area contributed by atoms with Gasteiger partial charge < -0.3 is 25.3 Å². The SMILES string of the molecule is COC(=O)C(NC(=O)CCc1ccc(OC(N)=O)cc1)c1ccc(OC(=O)C(C)(C)C)cc1. The van der Waals surface area contributed by atoms with Gasteiger partial charge in [-0.2, -0.15) is 0 Å². The van der Waals surface area contributed by atoms with Crippen LogP contribution >= 0.6 is 0 Å². The monoisotopic (exact) mass is 456 g/mol. The molecule has 0 saturated heterocycles. The first-order valence-corrected chi connectivity index (χ1v) is 10.2. The molecule has 2 aromatic rings. The maximum absolute atomic E-state index is 12.5. The molecule has 0 aliphatic carbocycles. The van der Waals surface area contributed by atoms with Crippen molar-refractivity contribution in [2.24, 2.45) is 11.1 Å². The number of nitrogens with one attached hydrogen (secondary N) is 1. The molecule has 0 fully saturated rings. The molecule has 2 rings (SSSR count). The molecule has 0 aliphatic rings. The highest BCUT2D eigenvalue weighted by molar-refractivity contribution is 5.85. The Morgan fingerprint density at radius 3 is 1.97 bits per heavy atom. The highest BCUT2D eigenvalue weighted by Crippen LogP contribution is 2.23. The molecule has 0 aliphatic heterocycles. The topological polar surface area (TPSA) is 134 Å². The van der Waals surface area contributed by atoms with E-state index >= 15 is 0 Å². The lowest BCUT2D eigenvalue weighted by molar-refractivity contribution is -0.145. The molecule has 0 bridgehead atoms. The Labute approximate surface area is 192 Å². The van der Waals surface area contributed by atoms with E-state index in [0.29, 0.717) is 23.5 Å². The van der Waals surface area contributed by atoms with Gasteiger partial charge in [0.05, 0.1) is 12.5 Å². The van der Waals surface area contributed by atoms with Crippen LogP contribution in [0.4, 0.5) is 4.79 Å². The van der Waals surface area contributed by atoms with Crippen LogP contribution in [0.3, 0.4) is 0 Å². The minimum absolute atomic E-state index is 0.116. The summed E-state index contributed by atoms with van der Waals surface area (Å²) in [6.45, 7) is 5.24. The lowest BCUT2D eigenvalue weighted by Crippen LogP contribution is -2.34. The van der Waals surface area contributed by atoms with Crippen molar-refractivity contribution in [3.05, 3.63) is 59.7 Å². The molecule has 0 radical (unpaired) electrons. The predicted molar refractivity (Wildman–Crippen MR) is 119 cm³/mol. The molecule has 0 spiro atoms. The third-order valence-electron chi connectivity index (χ3n) is 4.56. The average molecular weight is 456 g/mol. The summed E-state index contributed by atoms with van der Waals surface area (Å²) in [6, 6.07) is 11.8. The maximum Gasteiger partial charge on any atom is 0.409 e. The molecule has 176 valence electrons. The third-order valence-corrected chi connectivity index (χ3v) is 4.56. The number of carbonyl (C=O) groups is 4. The molecule has 33 heavy (non-hydrogen) atoms. The predicted octanol–water partition coefficient (Wildman–Crippen LogP) is 3.06. The van der Waals surface area contributed by atoms with Gasteiger partial charge in [-0.25, -0.2) is 9.59 Å². The summed E-state index contributed by atoms with van der Waals surface area (Å²) in [5.41, 5.74) is 5.63. The van der Waals surface area contributed by atoms with Crippen LogP contribution in [0.15, 0.2) is 48.5 Å². The van der Waals surface area contributed by atoms with Crippen LogP contribution < -0.4 is 20.5 Å². The number of rotatable bonds is 8. The Morgan fingerprint density at radius 1 is 0.909 bits per heavy atom. The number of amides is 2. The number of methoxy groups -OCH3 is 1. The van der Waals surface area contributed by atoms with Crippen LogP contribution in [0.2, 0.25) is 0 Å². The second-order valence-electron chi connectivity index (χ2n) is 8.30. The van der Waals surface area contributed by atoms with Gasteiger partial charge in [0.25, 0.3) is 0 Å². The molecule has 0 heterocycles. The Morgan fingerprint density at radius 2 is 1.45 bits per heavy atom. The Bertz CT molecular complexity index is 993. The fourth-order valence-corrected chi connectivity index (χ4v) is 2.72. The fraction of sp³-hybridized carbons (Fsp3) is 0.333. The summed E-state index contributed by atoms with van der Waals surface area (Å²) in [6.07, 6.45) is -0.389. The highest BCUT2D eigenvalue weighted by atomic mass is 16.5. The Balaban J connectivity index is 2.00. The van der Waals surface area contributed by atoms with E-state index in [1.165, 1.54) is 7.11 Å². The minimum atomic E-state index is -1.01. The highest BCUT2D eigenvalue weighted by Gasteiger charge is 2.25. The molecule has 0 saturated carbocycles. The summed E-state index contributed by atoms with van der Waals surface area (Å²) >= 11 is 0. The van der Waals surface area contributed by atoms with Crippen molar-refractivity contribution >= 4 is 23.9 Å². The number of hydrogen-bond acceptors (Lipinski definition) is 7. The number of nitrogens with two attached hydrogens (primary N) is 1. The zero-order valence-corrected chi connectivity index (χ0v) is 19.0. The molecule has 0 aromatic heterocycles. The number of hydrogen-bond donors (Lipinski definition) is 2. The van der Waals surface area contributed by atoms with E-state index in [0.717, 1.165) is 5.56 Å². The van der Waals surface area contributed by atoms with Gasteiger partial charge in [-0.05, 0) is 62.6 Å². The summed E-state index contributed by atoms with van der Waals surface area (Å²) in [4.78, 5) is 47.5. The van der Waals surface area contributed by atoms with Gasteiger partial charge in [-0.15, -0.1) is 0 Å². The molecule has 1 unspecified atom stereocenters. The molecule has 9 nitrogen and oxygen atoms in total. The van der Waals surface area contributed by atoms with Crippen molar-refractivity contribution in [1.29, 1.82) is 0 Å². The maximum atomic E-state index is 12.5. The first kappa shape index (κ1) is 25.4. The lowest BCUT2D eigenvalue weighted by atomic mass is 9.97. The third kappa shape index (κ3) is 7.95. The van der Waals surface area contributed by atoms with Gasteiger partial charge in [0.15, 0.2) is 6.04 Å². The quantitative estimate of drug-likeness (QED) is 0.460. The van der Waals surface area contributed by atoms with Crippen LogP contribution in [-0.4, -0.2) is 31.0 Å². The number of esters is 2. The Kier molecular flexibility index (Phi) is 8.56. The molecule has 3 N–H and O–H groups in total. The standard InChI is InChI=1S/C24H28N2O7/c1-24(2,3)22(29)32-17-12-8-16(9-13-17)20(21(28)31-4)26-19(27)14-7-15-5-10-18(11-6-15)33-23(25)30/h5-6,8-13,20H,7,14H2,1-4H3,(H2,25,30)(H,26,27). The summed E-state index contributed by atoms with van der Waals surface area (Å²) in [5, 5.41) is 2.67. The van der Waals surface area contributed by atoms with E-state index in [1.807, 2.05) is 0 Å². The summed E-state index contributed by atoms with van der Waals surface area (Å²) < 4.78 is 14.9. The van der Waals surface area contributed by atoms with E-state index < -0.39 is 23.5 Å². The largest absolute Gasteiger partial charge is 0.467 e.